The van der Waals surface area contributed by atoms with Gasteiger partial charge >= 0.3 is 0 Å². The molecule has 1 saturated heterocycles. The molecule has 1 heterocycles. The Morgan fingerprint density at radius 3 is 2.94 bits per heavy atom. The predicted octanol–water partition coefficient (Wildman–Crippen LogP) is 4.71. The smallest absolute Gasteiger partial charge is 0.0462 e. The minimum Gasteiger partial charge on any atom is -0.299 e. The van der Waals surface area contributed by atoms with E-state index in [2.05, 4.69) is 48.9 Å². The van der Waals surface area contributed by atoms with E-state index in [0.29, 0.717) is 0 Å². The molecule has 1 unspecified atom stereocenters. The highest BCUT2D eigenvalue weighted by molar-refractivity contribution is 9.10. The zero-order valence-electron chi connectivity index (χ0n) is 9.63. The quantitative estimate of drug-likeness (QED) is 0.683. The third-order valence-electron chi connectivity index (χ3n) is 3.30. The summed E-state index contributed by atoms with van der Waals surface area (Å²) in [5.41, 5.74) is 1.23. The zero-order valence-corrected chi connectivity index (χ0v) is 13.6. The lowest BCUT2D eigenvalue weighted by molar-refractivity contribution is 0.315. The molecule has 0 amide bonds. The molecular weight excluding hydrogens is 365 g/mol. The highest BCUT2D eigenvalue weighted by Crippen LogP contribution is 2.26. The van der Waals surface area contributed by atoms with E-state index >= 15 is 0 Å². The van der Waals surface area contributed by atoms with Crippen molar-refractivity contribution in [1.29, 1.82) is 0 Å². The van der Waals surface area contributed by atoms with Crippen LogP contribution in [0.2, 0.25) is 5.02 Å². The molecule has 4 heteroatoms. The molecule has 1 aromatic rings. The van der Waals surface area contributed by atoms with E-state index in [1.54, 1.807) is 0 Å². The molecule has 1 aliphatic heterocycles. The second kappa shape index (κ2) is 6.55. The van der Waals surface area contributed by atoms with Gasteiger partial charge in [0.15, 0.2) is 0 Å². The van der Waals surface area contributed by atoms with Crippen LogP contribution in [0, 0.1) is 5.92 Å². The first-order chi connectivity index (χ1) is 8.19. The van der Waals surface area contributed by atoms with Crippen molar-refractivity contribution in [3.8, 4) is 0 Å². The summed E-state index contributed by atoms with van der Waals surface area (Å²) in [5.74, 6) is 0.851. The van der Waals surface area contributed by atoms with E-state index in [-0.39, 0.29) is 0 Å². The van der Waals surface area contributed by atoms with Gasteiger partial charge in [0.25, 0.3) is 0 Å². The van der Waals surface area contributed by atoms with Crippen LogP contribution in [-0.4, -0.2) is 23.3 Å². The third-order valence-corrected chi connectivity index (χ3v) is 4.60. The van der Waals surface area contributed by atoms with Gasteiger partial charge in [0.1, 0.15) is 0 Å². The molecular formula is C13H16Br2ClN. The molecule has 1 fully saturated rings. The van der Waals surface area contributed by atoms with Crippen LogP contribution in [-0.2, 0) is 6.54 Å². The maximum Gasteiger partial charge on any atom is 0.0462 e. The largest absolute Gasteiger partial charge is 0.299 e. The second-order valence-electron chi connectivity index (χ2n) is 4.60. The summed E-state index contributed by atoms with van der Waals surface area (Å²) in [5, 5.41) is 1.98. The summed E-state index contributed by atoms with van der Waals surface area (Å²) in [7, 11) is 0. The number of rotatable bonds is 4. The number of likely N-dealkylation sites (tertiary alicyclic amines) is 1. The van der Waals surface area contributed by atoms with Crippen LogP contribution in [0.4, 0.5) is 0 Å². The third kappa shape index (κ3) is 3.95. The van der Waals surface area contributed by atoms with E-state index in [1.807, 2.05) is 6.07 Å². The van der Waals surface area contributed by atoms with Crippen molar-refractivity contribution in [1.82, 2.24) is 4.90 Å². The van der Waals surface area contributed by atoms with Crippen LogP contribution >= 0.6 is 43.5 Å². The highest BCUT2D eigenvalue weighted by atomic mass is 79.9. The SMILES string of the molecule is Clc1cc(Br)ccc1CN1CCC(CCBr)C1. The van der Waals surface area contributed by atoms with Gasteiger partial charge in [-0.3, -0.25) is 4.90 Å². The number of benzene rings is 1. The summed E-state index contributed by atoms with van der Waals surface area (Å²) in [6, 6.07) is 6.15. The van der Waals surface area contributed by atoms with E-state index in [4.69, 9.17) is 11.6 Å². The van der Waals surface area contributed by atoms with Crippen molar-refractivity contribution < 1.29 is 0 Å². The van der Waals surface area contributed by atoms with Gasteiger partial charge in [-0.15, -0.1) is 0 Å². The number of halogens is 3. The Morgan fingerprint density at radius 2 is 2.24 bits per heavy atom. The van der Waals surface area contributed by atoms with Crippen LogP contribution in [0.1, 0.15) is 18.4 Å². The Hall–Kier alpha value is 0.430. The summed E-state index contributed by atoms with van der Waals surface area (Å²) in [6.07, 6.45) is 2.60. The molecule has 0 N–H and O–H groups in total. The van der Waals surface area contributed by atoms with Crippen LogP contribution in [0.5, 0.6) is 0 Å². The van der Waals surface area contributed by atoms with Crippen molar-refractivity contribution in [2.45, 2.75) is 19.4 Å². The lowest BCUT2D eigenvalue weighted by Crippen LogP contribution is -2.20. The van der Waals surface area contributed by atoms with Gasteiger partial charge < -0.3 is 0 Å². The Morgan fingerprint density at radius 1 is 1.41 bits per heavy atom. The van der Waals surface area contributed by atoms with Crippen molar-refractivity contribution in [3.63, 3.8) is 0 Å². The van der Waals surface area contributed by atoms with E-state index in [9.17, 15) is 0 Å². The Labute approximate surface area is 125 Å². The summed E-state index contributed by atoms with van der Waals surface area (Å²) in [6.45, 7) is 3.38. The number of alkyl halides is 1. The van der Waals surface area contributed by atoms with Crippen molar-refractivity contribution in [2.24, 2.45) is 5.92 Å². The minimum atomic E-state index is 0.851. The standard InChI is InChI=1S/C13H16Br2ClN/c14-5-3-10-4-6-17(8-10)9-11-1-2-12(15)7-13(11)16/h1-2,7,10H,3-6,8-9H2. The number of hydrogen-bond acceptors (Lipinski definition) is 1. The van der Waals surface area contributed by atoms with E-state index in [1.165, 1.54) is 31.5 Å². The first-order valence-corrected chi connectivity index (χ1v) is 8.20. The van der Waals surface area contributed by atoms with E-state index in [0.717, 1.165) is 27.3 Å². The fourth-order valence-electron chi connectivity index (χ4n) is 2.34. The Kier molecular flexibility index (Phi) is 5.34. The fourth-order valence-corrected chi connectivity index (χ4v) is 3.72. The van der Waals surface area contributed by atoms with Crippen molar-refractivity contribution in [2.75, 3.05) is 18.4 Å². The number of hydrogen-bond donors (Lipinski definition) is 0. The van der Waals surface area contributed by atoms with Crippen LogP contribution in [0.25, 0.3) is 0 Å². The normalized spacial score (nSPS) is 21.0. The molecule has 0 aromatic heterocycles. The lowest BCUT2D eigenvalue weighted by atomic mass is 10.1. The van der Waals surface area contributed by atoms with Gasteiger partial charge in [-0.2, -0.15) is 0 Å². The van der Waals surface area contributed by atoms with Gasteiger partial charge in [0, 0.05) is 27.9 Å². The monoisotopic (exact) mass is 379 g/mol. The molecule has 0 radical (unpaired) electrons. The first kappa shape index (κ1) is 13.9. The van der Waals surface area contributed by atoms with Gasteiger partial charge in [-0.1, -0.05) is 49.5 Å². The Balaban J connectivity index is 1.93. The van der Waals surface area contributed by atoms with Crippen LogP contribution in [0.15, 0.2) is 22.7 Å². The first-order valence-electron chi connectivity index (χ1n) is 5.91. The molecule has 17 heavy (non-hydrogen) atoms. The molecule has 0 aliphatic carbocycles. The molecule has 0 spiro atoms. The lowest BCUT2D eigenvalue weighted by Gasteiger charge is -2.16. The maximum absolute atomic E-state index is 6.24. The fraction of sp³-hybridized carbons (Fsp3) is 0.538. The van der Waals surface area contributed by atoms with E-state index < -0.39 is 0 Å². The molecule has 94 valence electrons. The second-order valence-corrected chi connectivity index (χ2v) is 6.72. The average molecular weight is 382 g/mol. The molecule has 1 aromatic carbocycles. The molecule has 1 atom stereocenters. The zero-order chi connectivity index (χ0) is 12.3. The minimum absolute atomic E-state index is 0.851. The Bertz CT molecular complexity index is 384. The van der Waals surface area contributed by atoms with Crippen LogP contribution in [0.3, 0.4) is 0 Å². The predicted molar refractivity (Wildman–Crippen MR) is 80.9 cm³/mol. The van der Waals surface area contributed by atoms with Crippen LogP contribution < -0.4 is 0 Å². The summed E-state index contributed by atoms with van der Waals surface area (Å²) in [4.78, 5) is 2.50. The van der Waals surface area contributed by atoms with Crippen molar-refractivity contribution >= 4 is 43.5 Å². The molecule has 0 saturated carbocycles. The molecule has 0 bridgehead atoms. The summed E-state index contributed by atoms with van der Waals surface area (Å²) >= 11 is 13.2. The van der Waals surface area contributed by atoms with Crippen molar-refractivity contribution in [3.05, 3.63) is 33.3 Å². The molecule has 1 nitrogen and oxygen atoms in total. The topological polar surface area (TPSA) is 3.24 Å². The molecule has 2 rings (SSSR count). The van der Waals surface area contributed by atoms with Gasteiger partial charge in [0.05, 0.1) is 0 Å². The van der Waals surface area contributed by atoms with Gasteiger partial charge in [-0.25, -0.2) is 0 Å². The van der Waals surface area contributed by atoms with Gasteiger partial charge in [0.2, 0.25) is 0 Å². The highest BCUT2D eigenvalue weighted by Gasteiger charge is 2.22. The average Bonchev–Trinajstić information content (AvgIpc) is 2.71. The number of nitrogens with zero attached hydrogens (tertiary/aromatic N) is 1. The molecule has 1 aliphatic rings. The van der Waals surface area contributed by atoms with Gasteiger partial charge in [-0.05, 0) is 43.0 Å². The maximum atomic E-state index is 6.24. The summed E-state index contributed by atoms with van der Waals surface area (Å²) < 4.78 is 1.05.